The summed E-state index contributed by atoms with van der Waals surface area (Å²) in [4.78, 5) is 5.19. The first-order chi connectivity index (χ1) is 10.4. The molecular weight excluding hydrogens is 258 g/mol. The standard InChI is InChI=1S/C18H27N3/c1-2-9-20(8-1)13-15-4-3-5-17(12-15)19-18-14-21-10-6-16(18)7-11-21/h3-5,12,16,18-19H,1-2,6-11,13-14H2. The lowest BCUT2D eigenvalue weighted by Crippen LogP contribution is -2.53. The third kappa shape index (κ3) is 3.09. The van der Waals surface area contributed by atoms with Gasteiger partial charge in [-0.05, 0) is 75.5 Å². The van der Waals surface area contributed by atoms with E-state index in [1.165, 1.54) is 69.7 Å². The van der Waals surface area contributed by atoms with Gasteiger partial charge in [-0.3, -0.25) is 4.90 Å². The summed E-state index contributed by atoms with van der Waals surface area (Å²) in [6.45, 7) is 7.54. The topological polar surface area (TPSA) is 18.5 Å². The summed E-state index contributed by atoms with van der Waals surface area (Å²) in [5.41, 5.74) is 2.79. The van der Waals surface area contributed by atoms with E-state index in [0.717, 1.165) is 12.5 Å². The molecule has 4 aliphatic rings. The van der Waals surface area contributed by atoms with Crippen molar-refractivity contribution >= 4 is 5.69 Å². The number of nitrogens with one attached hydrogen (secondary N) is 1. The maximum Gasteiger partial charge on any atom is 0.0417 e. The smallest absolute Gasteiger partial charge is 0.0417 e. The third-order valence-corrected chi connectivity index (χ3v) is 5.54. The Morgan fingerprint density at radius 2 is 1.86 bits per heavy atom. The van der Waals surface area contributed by atoms with Crippen LogP contribution in [0.2, 0.25) is 0 Å². The van der Waals surface area contributed by atoms with Gasteiger partial charge in [0.15, 0.2) is 0 Å². The summed E-state index contributed by atoms with van der Waals surface area (Å²) in [7, 11) is 0. The second-order valence-corrected chi connectivity index (χ2v) is 7.07. The van der Waals surface area contributed by atoms with Gasteiger partial charge in [-0.15, -0.1) is 0 Å². The summed E-state index contributed by atoms with van der Waals surface area (Å²) >= 11 is 0. The van der Waals surface area contributed by atoms with E-state index in [9.17, 15) is 0 Å². The molecule has 1 N–H and O–H groups in total. The lowest BCUT2D eigenvalue weighted by molar-refractivity contribution is 0.0975. The van der Waals surface area contributed by atoms with Crippen molar-refractivity contribution in [2.45, 2.75) is 38.3 Å². The van der Waals surface area contributed by atoms with Gasteiger partial charge in [0, 0.05) is 24.8 Å². The maximum absolute atomic E-state index is 3.82. The van der Waals surface area contributed by atoms with Crippen LogP contribution in [0.25, 0.3) is 0 Å². The number of hydrogen-bond donors (Lipinski definition) is 1. The van der Waals surface area contributed by atoms with Crippen LogP contribution in [0, 0.1) is 5.92 Å². The first kappa shape index (κ1) is 13.6. The molecule has 2 bridgehead atoms. The molecule has 114 valence electrons. The molecule has 21 heavy (non-hydrogen) atoms. The van der Waals surface area contributed by atoms with E-state index in [4.69, 9.17) is 0 Å². The minimum Gasteiger partial charge on any atom is -0.381 e. The SMILES string of the molecule is c1cc(CN2CCCC2)cc(NC2CN3CCC2CC3)c1. The summed E-state index contributed by atoms with van der Waals surface area (Å²) in [5.74, 6) is 0.886. The second-order valence-electron chi connectivity index (χ2n) is 7.07. The van der Waals surface area contributed by atoms with Crippen LogP contribution in [-0.2, 0) is 6.54 Å². The minimum absolute atomic E-state index is 0.662. The van der Waals surface area contributed by atoms with Crippen molar-refractivity contribution < 1.29 is 0 Å². The number of likely N-dealkylation sites (tertiary alicyclic amines) is 1. The number of piperidine rings is 3. The number of anilines is 1. The fourth-order valence-electron chi connectivity index (χ4n) is 4.30. The summed E-state index contributed by atoms with van der Waals surface area (Å²) in [5, 5.41) is 3.82. The first-order valence-corrected chi connectivity index (χ1v) is 8.67. The average Bonchev–Trinajstić information content (AvgIpc) is 3.02. The molecule has 4 fully saturated rings. The molecule has 0 amide bonds. The van der Waals surface area contributed by atoms with Gasteiger partial charge in [0.05, 0.1) is 0 Å². The van der Waals surface area contributed by atoms with Crippen molar-refractivity contribution in [1.82, 2.24) is 9.80 Å². The Labute approximate surface area is 128 Å². The van der Waals surface area contributed by atoms with Gasteiger partial charge in [-0.1, -0.05) is 12.1 Å². The molecule has 1 aromatic carbocycles. The predicted octanol–water partition coefficient (Wildman–Crippen LogP) is 2.79. The highest BCUT2D eigenvalue weighted by Gasteiger charge is 2.33. The summed E-state index contributed by atoms with van der Waals surface area (Å²) in [6, 6.07) is 9.77. The normalized spacial score (nSPS) is 32.5. The lowest BCUT2D eigenvalue weighted by atomic mass is 9.84. The van der Waals surface area contributed by atoms with E-state index < -0.39 is 0 Å². The third-order valence-electron chi connectivity index (χ3n) is 5.54. The number of fused-ring (bicyclic) bond motifs is 3. The molecule has 3 heteroatoms. The Kier molecular flexibility index (Phi) is 3.87. The minimum atomic E-state index is 0.662. The summed E-state index contributed by atoms with van der Waals surface area (Å²) < 4.78 is 0. The van der Waals surface area contributed by atoms with Crippen LogP contribution in [0.1, 0.15) is 31.2 Å². The van der Waals surface area contributed by atoms with Crippen molar-refractivity contribution in [3.63, 3.8) is 0 Å². The molecule has 0 saturated carbocycles. The Morgan fingerprint density at radius 1 is 1.05 bits per heavy atom. The first-order valence-electron chi connectivity index (χ1n) is 8.67. The number of hydrogen-bond acceptors (Lipinski definition) is 3. The van der Waals surface area contributed by atoms with Gasteiger partial charge in [-0.2, -0.15) is 0 Å². The monoisotopic (exact) mass is 285 g/mol. The van der Waals surface area contributed by atoms with Gasteiger partial charge in [0.25, 0.3) is 0 Å². The highest BCUT2D eigenvalue weighted by molar-refractivity contribution is 5.47. The quantitative estimate of drug-likeness (QED) is 0.918. The zero-order valence-corrected chi connectivity index (χ0v) is 12.9. The van der Waals surface area contributed by atoms with Crippen LogP contribution >= 0.6 is 0 Å². The zero-order valence-electron chi connectivity index (χ0n) is 12.9. The van der Waals surface area contributed by atoms with Crippen molar-refractivity contribution in [2.24, 2.45) is 5.92 Å². The van der Waals surface area contributed by atoms with E-state index in [1.54, 1.807) is 0 Å². The molecule has 0 radical (unpaired) electrons. The maximum atomic E-state index is 3.82. The highest BCUT2D eigenvalue weighted by Crippen LogP contribution is 2.30. The zero-order chi connectivity index (χ0) is 14.1. The molecule has 0 aromatic heterocycles. The van der Waals surface area contributed by atoms with Gasteiger partial charge < -0.3 is 10.2 Å². The molecule has 0 spiro atoms. The van der Waals surface area contributed by atoms with Gasteiger partial charge >= 0.3 is 0 Å². The van der Waals surface area contributed by atoms with Crippen LogP contribution in [0.15, 0.2) is 24.3 Å². The van der Waals surface area contributed by atoms with Crippen molar-refractivity contribution in [3.05, 3.63) is 29.8 Å². The highest BCUT2D eigenvalue weighted by atomic mass is 15.2. The lowest BCUT2D eigenvalue weighted by Gasteiger charge is -2.45. The molecule has 1 aromatic rings. The average molecular weight is 285 g/mol. The fourth-order valence-corrected chi connectivity index (χ4v) is 4.30. The molecule has 5 rings (SSSR count). The van der Waals surface area contributed by atoms with Crippen LogP contribution in [-0.4, -0.2) is 48.6 Å². The second kappa shape index (κ2) is 5.98. The Morgan fingerprint density at radius 3 is 2.57 bits per heavy atom. The van der Waals surface area contributed by atoms with E-state index in [2.05, 4.69) is 39.4 Å². The number of rotatable bonds is 4. The molecule has 4 aliphatic heterocycles. The fraction of sp³-hybridized carbons (Fsp3) is 0.667. The summed E-state index contributed by atoms with van der Waals surface area (Å²) in [6.07, 6.45) is 5.51. The van der Waals surface area contributed by atoms with E-state index in [1.807, 2.05) is 0 Å². The van der Waals surface area contributed by atoms with Gasteiger partial charge in [0.2, 0.25) is 0 Å². The van der Waals surface area contributed by atoms with Crippen LogP contribution in [0.3, 0.4) is 0 Å². The molecule has 4 heterocycles. The van der Waals surface area contributed by atoms with Gasteiger partial charge in [-0.25, -0.2) is 0 Å². The van der Waals surface area contributed by atoms with Gasteiger partial charge in [0.1, 0.15) is 0 Å². The molecule has 3 nitrogen and oxygen atoms in total. The Bertz CT molecular complexity index is 473. The van der Waals surface area contributed by atoms with E-state index >= 15 is 0 Å². The Hall–Kier alpha value is -1.06. The van der Waals surface area contributed by atoms with Crippen molar-refractivity contribution in [3.8, 4) is 0 Å². The predicted molar refractivity (Wildman–Crippen MR) is 87.5 cm³/mol. The van der Waals surface area contributed by atoms with E-state index in [0.29, 0.717) is 6.04 Å². The molecule has 0 aliphatic carbocycles. The number of benzene rings is 1. The van der Waals surface area contributed by atoms with Crippen LogP contribution < -0.4 is 5.32 Å². The van der Waals surface area contributed by atoms with Crippen LogP contribution in [0.4, 0.5) is 5.69 Å². The Balaban J connectivity index is 1.40. The molecule has 1 unspecified atom stereocenters. The molecular formula is C18H27N3. The molecule has 4 saturated heterocycles. The largest absolute Gasteiger partial charge is 0.381 e. The molecule has 1 atom stereocenters. The van der Waals surface area contributed by atoms with Crippen LogP contribution in [0.5, 0.6) is 0 Å². The van der Waals surface area contributed by atoms with E-state index in [-0.39, 0.29) is 0 Å². The number of nitrogens with zero attached hydrogens (tertiary/aromatic N) is 2. The van der Waals surface area contributed by atoms with Crippen molar-refractivity contribution in [2.75, 3.05) is 38.0 Å². The van der Waals surface area contributed by atoms with Crippen molar-refractivity contribution in [1.29, 1.82) is 0 Å².